The van der Waals surface area contributed by atoms with Crippen LogP contribution in [0.4, 0.5) is 4.79 Å². The minimum atomic E-state index is -0.984. The molecule has 1 aliphatic rings. The molecule has 0 radical (unpaired) electrons. The van der Waals surface area contributed by atoms with Gasteiger partial charge in [-0.2, -0.15) is 0 Å². The Morgan fingerprint density at radius 1 is 1.43 bits per heavy atom. The largest absolute Gasteiger partial charge is 0.444 e. The van der Waals surface area contributed by atoms with E-state index in [9.17, 15) is 9.00 Å². The predicted molar refractivity (Wildman–Crippen MR) is 82.3 cm³/mol. The van der Waals surface area contributed by atoms with E-state index in [2.05, 4.69) is 4.98 Å². The lowest BCUT2D eigenvalue weighted by Gasteiger charge is -2.24. The highest BCUT2D eigenvalue weighted by molar-refractivity contribution is 7.84. The Labute approximate surface area is 128 Å². The van der Waals surface area contributed by atoms with Gasteiger partial charge in [0, 0.05) is 42.0 Å². The molecule has 116 valence electrons. The molecule has 0 bridgehead atoms. The quantitative estimate of drug-likeness (QED) is 0.860. The highest BCUT2D eigenvalue weighted by Gasteiger charge is 2.32. The van der Waals surface area contributed by atoms with Crippen molar-refractivity contribution in [3.05, 3.63) is 30.1 Å². The van der Waals surface area contributed by atoms with Gasteiger partial charge in [0.1, 0.15) is 5.60 Å². The lowest BCUT2D eigenvalue weighted by atomic mass is 10.2. The normalized spacial score (nSPS) is 20.3. The molecule has 0 N–H and O–H groups in total. The van der Waals surface area contributed by atoms with Gasteiger partial charge in [0.05, 0.1) is 5.25 Å². The number of pyridine rings is 1. The maximum Gasteiger partial charge on any atom is 0.410 e. The number of carbonyl (C=O) groups is 1. The van der Waals surface area contributed by atoms with Crippen LogP contribution in [0.5, 0.6) is 0 Å². The molecule has 0 unspecified atom stereocenters. The van der Waals surface area contributed by atoms with Crippen LogP contribution in [-0.4, -0.2) is 44.1 Å². The van der Waals surface area contributed by atoms with E-state index in [1.54, 1.807) is 17.3 Å². The van der Waals surface area contributed by atoms with Crippen molar-refractivity contribution in [1.29, 1.82) is 0 Å². The first kappa shape index (κ1) is 15.9. The van der Waals surface area contributed by atoms with E-state index in [1.165, 1.54) is 0 Å². The molecule has 1 saturated heterocycles. The monoisotopic (exact) mass is 310 g/mol. The van der Waals surface area contributed by atoms with Crippen molar-refractivity contribution in [2.75, 3.05) is 13.1 Å². The first-order valence-electron chi connectivity index (χ1n) is 7.09. The minimum Gasteiger partial charge on any atom is -0.444 e. The number of likely N-dealkylation sites (tertiary alicyclic amines) is 1. The van der Waals surface area contributed by atoms with Crippen LogP contribution in [0.15, 0.2) is 24.5 Å². The molecule has 6 heteroatoms. The second-order valence-electron chi connectivity index (χ2n) is 6.22. The number of nitrogens with zero attached hydrogens (tertiary/aromatic N) is 2. The summed E-state index contributed by atoms with van der Waals surface area (Å²) in [6, 6.07) is 3.75. The molecule has 0 aromatic carbocycles. The molecule has 5 nitrogen and oxygen atoms in total. The number of hydrogen-bond acceptors (Lipinski definition) is 4. The number of amides is 1. The zero-order valence-corrected chi connectivity index (χ0v) is 13.6. The molecule has 1 aromatic heterocycles. The van der Waals surface area contributed by atoms with Crippen LogP contribution in [0.3, 0.4) is 0 Å². The van der Waals surface area contributed by atoms with Crippen molar-refractivity contribution < 1.29 is 13.7 Å². The van der Waals surface area contributed by atoms with E-state index in [-0.39, 0.29) is 11.3 Å². The highest BCUT2D eigenvalue weighted by atomic mass is 32.2. The summed E-state index contributed by atoms with van der Waals surface area (Å²) in [7, 11) is -0.984. The average Bonchev–Trinajstić information content (AvgIpc) is 2.87. The third kappa shape index (κ3) is 4.81. The van der Waals surface area contributed by atoms with E-state index in [0.29, 0.717) is 18.8 Å². The first-order valence-corrected chi connectivity index (χ1v) is 8.47. The Bertz CT molecular complexity index is 513. The molecule has 0 saturated carbocycles. The molecular formula is C15H22N2O3S. The molecule has 1 aromatic rings. The fraction of sp³-hybridized carbons (Fsp3) is 0.600. The number of carbonyl (C=O) groups excluding carboxylic acids is 1. The van der Waals surface area contributed by atoms with Gasteiger partial charge in [-0.15, -0.1) is 0 Å². The van der Waals surface area contributed by atoms with Gasteiger partial charge in [-0.25, -0.2) is 4.79 Å². The number of hydrogen-bond donors (Lipinski definition) is 0. The summed E-state index contributed by atoms with van der Waals surface area (Å²) in [5.74, 6) is 0.509. The first-order chi connectivity index (χ1) is 9.85. The van der Waals surface area contributed by atoms with Crippen LogP contribution >= 0.6 is 0 Å². The third-order valence-electron chi connectivity index (χ3n) is 3.23. The zero-order valence-electron chi connectivity index (χ0n) is 12.7. The molecule has 2 atom stereocenters. The van der Waals surface area contributed by atoms with Crippen molar-refractivity contribution in [3.8, 4) is 0 Å². The Morgan fingerprint density at radius 3 is 2.71 bits per heavy atom. The molecule has 2 heterocycles. The van der Waals surface area contributed by atoms with Gasteiger partial charge in [0.2, 0.25) is 0 Å². The Hall–Kier alpha value is -1.43. The van der Waals surface area contributed by atoms with Crippen LogP contribution in [0, 0.1) is 0 Å². The van der Waals surface area contributed by atoms with Crippen LogP contribution in [0.1, 0.15) is 32.8 Å². The second kappa shape index (κ2) is 6.56. The predicted octanol–water partition coefficient (Wildman–Crippen LogP) is 2.34. The van der Waals surface area contributed by atoms with Crippen molar-refractivity contribution in [1.82, 2.24) is 9.88 Å². The highest BCUT2D eigenvalue weighted by Crippen LogP contribution is 2.20. The molecule has 0 spiro atoms. The fourth-order valence-corrected chi connectivity index (χ4v) is 3.67. The van der Waals surface area contributed by atoms with Crippen molar-refractivity contribution in [3.63, 3.8) is 0 Å². The second-order valence-corrected chi connectivity index (χ2v) is 7.93. The van der Waals surface area contributed by atoms with Gasteiger partial charge in [-0.3, -0.25) is 9.19 Å². The van der Waals surface area contributed by atoms with Crippen LogP contribution in [0.25, 0.3) is 0 Å². The topological polar surface area (TPSA) is 59.5 Å². The summed E-state index contributed by atoms with van der Waals surface area (Å²) < 4.78 is 17.7. The summed E-state index contributed by atoms with van der Waals surface area (Å²) in [4.78, 5) is 17.6. The summed E-state index contributed by atoms with van der Waals surface area (Å²) in [6.45, 7) is 6.66. The maximum atomic E-state index is 12.4. The minimum absolute atomic E-state index is 0.0192. The van der Waals surface area contributed by atoms with E-state index < -0.39 is 16.4 Å². The summed E-state index contributed by atoms with van der Waals surface area (Å²) >= 11 is 0. The number of ether oxygens (including phenoxy) is 1. The Kier molecular flexibility index (Phi) is 4.98. The lowest BCUT2D eigenvalue weighted by Crippen LogP contribution is -2.36. The zero-order chi connectivity index (χ0) is 15.5. The van der Waals surface area contributed by atoms with Gasteiger partial charge < -0.3 is 9.64 Å². The van der Waals surface area contributed by atoms with E-state index in [1.807, 2.05) is 32.9 Å². The SMILES string of the molecule is CC(C)(C)OC(=O)N1CC[C@H]([S@@](=O)Cc2ccncc2)C1. The number of aromatic nitrogens is 1. The van der Waals surface area contributed by atoms with Crippen LogP contribution in [0.2, 0.25) is 0 Å². The van der Waals surface area contributed by atoms with Gasteiger partial charge >= 0.3 is 6.09 Å². The molecule has 1 amide bonds. The molecule has 21 heavy (non-hydrogen) atoms. The third-order valence-corrected chi connectivity index (χ3v) is 4.97. The summed E-state index contributed by atoms with van der Waals surface area (Å²) in [6.07, 6.45) is 3.85. The lowest BCUT2D eigenvalue weighted by molar-refractivity contribution is 0.0295. The Balaban J connectivity index is 1.87. The average molecular weight is 310 g/mol. The summed E-state index contributed by atoms with van der Waals surface area (Å²) in [5.41, 5.74) is 0.518. The van der Waals surface area contributed by atoms with Gasteiger partial charge in [0.15, 0.2) is 0 Å². The molecule has 0 aliphatic carbocycles. The smallest absolute Gasteiger partial charge is 0.410 e. The van der Waals surface area contributed by atoms with Crippen LogP contribution < -0.4 is 0 Å². The van der Waals surface area contributed by atoms with Gasteiger partial charge in [-0.05, 0) is 44.9 Å². The molecule has 1 fully saturated rings. The van der Waals surface area contributed by atoms with Crippen LogP contribution in [-0.2, 0) is 21.3 Å². The fourth-order valence-electron chi connectivity index (χ4n) is 2.20. The van der Waals surface area contributed by atoms with Gasteiger partial charge in [-0.1, -0.05) is 0 Å². The molecule has 2 rings (SSSR count). The van der Waals surface area contributed by atoms with Crippen molar-refractivity contribution >= 4 is 16.9 Å². The molecule has 1 aliphatic heterocycles. The van der Waals surface area contributed by atoms with Gasteiger partial charge in [0.25, 0.3) is 0 Å². The van der Waals surface area contributed by atoms with E-state index in [0.717, 1.165) is 12.0 Å². The number of rotatable bonds is 3. The van der Waals surface area contributed by atoms with Crippen molar-refractivity contribution in [2.24, 2.45) is 0 Å². The Morgan fingerprint density at radius 2 is 2.10 bits per heavy atom. The maximum absolute atomic E-state index is 12.4. The van der Waals surface area contributed by atoms with Crippen molar-refractivity contribution in [2.45, 2.75) is 43.8 Å². The molecular weight excluding hydrogens is 288 g/mol. The van der Waals surface area contributed by atoms with E-state index in [4.69, 9.17) is 4.74 Å². The summed E-state index contributed by atoms with van der Waals surface area (Å²) in [5, 5.41) is 0.0192. The standard InChI is InChI=1S/C15H22N2O3S/c1-15(2,3)20-14(18)17-9-6-13(10-17)21(19)11-12-4-7-16-8-5-12/h4-5,7-8,13H,6,9-11H2,1-3H3/t13-,21-/m0/s1. The van der Waals surface area contributed by atoms with E-state index >= 15 is 0 Å².